The van der Waals surface area contributed by atoms with Crippen LogP contribution in [-0.4, -0.2) is 32.4 Å². The number of aromatic amines is 1. The molecule has 0 unspecified atom stereocenters. The van der Waals surface area contributed by atoms with E-state index in [2.05, 4.69) is 20.3 Å². The second-order valence-electron chi connectivity index (χ2n) is 7.02. The van der Waals surface area contributed by atoms with E-state index in [0.29, 0.717) is 6.54 Å². The zero-order valence-corrected chi connectivity index (χ0v) is 14.4. The largest absolute Gasteiger partial charge is 0.358 e. The van der Waals surface area contributed by atoms with E-state index in [4.69, 9.17) is 4.98 Å². The standard InChI is InChI=1S/C18H23N5O/c1-18(2,3)17(24)20-9-5-4-7-12-15-16(22-11-21-15)14-13(23-12)8-6-10-19-14/h6,8,10-11,19H,4-5,7,9H2,1-3H3,(H,20,24). The fraction of sp³-hybridized carbons (Fsp3) is 0.444. The van der Waals surface area contributed by atoms with Gasteiger partial charge in [0.15, 0.2) is 0 Å². The third-order valence-electron chi connectivity index (χ3n) is 4.00. The molecule has 0 aromatic carbocycles. The Bertz CT molecular complexity index is 863. The van der Waals surface area contributed by atoms with Crippen LogP contribution in [0.4, 0.5) is 0 Å². The predicted octanol–water partition coefficient (Wildman–Crippen LogP) is 2.99. The third-order valence-corrected chi connectivity index (χ3v) is 4.00. The molecule has 6 nitrogen and oxygen atoms in total. The Labute approximate surface area is 141 Å². The Balaban J connectivity index is 1.65. The summed E-state index contributed by atoms with van der Waals surface area (Å²) in [5, 5.41) is 2.98. The van der Waals surface area contributed by atoms with Gasteiger partial charge in [-0.1, -0.05) is 20.8 Å². The summed E-state index contributed by atoms with van der Waals surface area (Å²) in [4.78, 5) is 28.5. The number of imidazole rings is 1. The van der Waals surface area contributed by atoms with Crippen LogP contribution in [-0.2, 0) is 11.2 Å². The van der Waals surface area contributed by atoms with E-state index in [0.717, 1.165) is 47.0 Å². The first-order valence-corrected chi connectivity index (χ1v) is 8.32. The lowest BCUT2D eigenvalue weighted by Gasteiger charge is -2.17. The lowest BCUT2D eigenvalue weighted by Crippen LogP contribution is -2.35. The second-order valence-corrected chi connectivity index (χ2v) is 7.02. The van der Waals surface area contributed by atoms with Crippen LogP contribution in [0.1, 0.15) is 39.3 Å². The number of H-pyrrole nitrogens is 1. The molecule has 0 atom stereocenters. The minimum atomic E-state index is -0.340. The Kier molecular flexibility index (Phi) is 4.46. The molecule has 24 heavy (non-hydrogen) atoms. The number of amides is 1. The minimum Gasteiger partial charge on any atom is -0.358 e. The summed E-state index contributed by atoms with van der Waals surface area (Å²) in [6.45, 7) is 6.45. The first-order valence-electron chi connectivity index (χ1n) is 8.32. The molecular formula is C18H23N5O. The van der Waals surface area contributed by atoms with Gasteiger partial charge in [-0.3, -0.25) is 4.79 Å². The molecule has 126 valence electrons. The van der Waals surface area contributed by atoms with Gasteiger partial charge in [-0.25, -0.2) is 15.0 Å². The van der Waals surface area contributed by atoms with E-state index in [1.807, 2.05) is 39.1 Å². The molecule has 0 saturated heterocycles. The average molecular weight is 325 g/mol. The molecular weight excluding hydrogens is 302 g/mol. The first-order chi connectivity index (χ1) is 11.5. The van der Waals surface area contributed by atoms with E-state index in [1.165, 1.54) is 0 Å². The molecule has 0 aliphatic rings. The van der Waals surface area contributed by atoms with Crippen molar-refractivity contribution in [3.8, 4) is 0 Å². The van der Waals surface area contributed by atoms with Crippen molar-refractivity contribution in [3.05, 3.63) is 30.4 Å². The normalized spacial score (nSPS) is 12.0. The zero-order valence-electron chi connectivity index (χ0n) is 14.4. The number of nitrogens with zero attached hydrogens (tertiary/aromatic N) is 3. The Morgan fingerprint density at radius 3 is 2.79 bits per heavy atom. The maximum Gasteiger partial charge on any atom is 0.225 e. The molecule has 0 fully saturated rings. The zero-order chi connectivity index (χ0) is 17.2. The van der Waals surface area contributed by atoms with E-state index < -0.39 is 0 Å². The highest BCUT2D eigenvalue weighted by atomic mass is 16.2. The average Bonchev–Trinajstić information content (AvgIpc) is 3.03. The number of rotatable bonds is 5. The summed E-state index contributed by atoms with van der Waals surface area (Å²) in [6, 6.07) is 3.91. The van der Waals surface area contributed by atoms with Crippen LogP contribution in [0.2, 0.25) is 0 Å². The summed E-state index contributed by atoms with van der Waals surface area (Å²) >= 11 is 0. The highest BCUT2D eigenvalue weighted by molar-refractivity contribution is 6.00. The van der Waals surface area contributed by atoms with Crippen molar-refractivity contribution in [2.75, 3.05) is 6.54 Å². The highest BCUT2D eigenvalue weighted by Gasteiger charge is 2.20. The number of fused-ring (bicyclic) bond motifs is 3. The second kappa shape index (κ2) is 6.55. The molecule has 0 bridgehead atoms. The Hall–Kier alpha value is -2.50. The van der Waals surface area contributed by atoms with Crippen molar-refractivity contribution in [3.63, 3.8) is 0 Å². The van der Waals surface area contributed by atoms with Crippen LogP contribution < -0.4 is 5.32 Å². The van der Waals surface area contributed by atoms with Gasteiger partial charge in [-0.2, -0.15) is 0 Å². The molecule has 2 N–H and O–H groups in total. The van der Waals surface area contributed by atoms with Gasteiger partial charge in [-0.05, 0) is 31.4 Å². The number of carbonyl (C=O) groups excluding carboxylic acids is 1. The number of pyridine rings is 2. The summed E-state index contributed by atoms with van der Waals surface area (Å²) in [6.07, 6.45) is 6.14. The van der Waals surface area contributed by atoms with Gasteiger partial charge in [-0.15, -0.1) is 0 Å². The fourth-order valence-electron chi connectivity index (χ4n) is 2.63. The molecule has 3 heterocycles. The lowest BCUT2D eigenvalue weighted by molar-refractivity contribution is -0.128. The van der Waals surface area contributed by atoms with Crippen LogP contribution in [0.25, 0.3) is 22.1 Å². The molecule has 6 heteroatoms. The summed E-state index contributed by atoms with van der Waals surface area (Å²) in [5.74, 6) is 0.0890. The van der Waals surface area contributed by atoms with Gasteiger partial charge in [0, 0.05) is 18.2 Å². The quantitative estimate of drug-likeness (QED) is 0.706. The van der Waals surface area contributed by atoms with Crippen molar-refractivity contribution in [2.45, 2.75) is 40.0 Å². The van der Waals surface area contributed by atoms with E-state index >= 15 is 0 Å². The fourth-order valence-corrected chi connectivity index (χ4v) is 2.63. The molecule has 0 spiro atoms. The van der Waals surface area contributed by atoms with Gasteiger partial charge in [0.2, 0.25) is 5.91 Å². The molecule has 0 saturated carbocycles. The Morgan fingerprint density at radius 1 is 1.21 bits per heavy atom. The number of aryl methyl sites for hydroxylation is 1. The predicted molar refractivity (Wildman–Crippen MR) is 94.6 cm³/mol. The topological polar surface area (TPSA) is 83.6 Å². The molecule has 3 rings (SSSR count). The van der Waals surface area contributed by atoms with Crippen LogP contribution in [0.15, 0.2) is 24.7 Å². The third kappa shape index (κ3) is 3.37. The number of nitrogens with one attached hydrogen (secondary N) is 2. The van der Waals surface area contributed by atoms with Gasteiger partial charge < -0.3 is 10.3 Å². The molecule has 3 aromatic heterocycles. The molecule has 0 aliphatic carbocycles. The number of hydrogen-bond acceptors (Lipinski definition) is 4. The highest BCUT2D eigenvalue weighted by Crippen LogP contribution is 2.22. The van der Waals surface area contributed by atoms with Crippen molar-refractivity contribution in [1.29, 1.82) is 0 Å². The molecule has 3 aromatic rings. The lowest BCUT2D eigenvalue weighted by atomic mass is 9.96. The van der Waals surface area contributed by atoms with Crippen LogP contribution in [0.5, 0.6) is 0 Å². The van der Waals surface area contributed by atoms with Crippen molar-refractivity contribution in [2.24, 2.45) is 5.41 Å². The van der Waals surface area contributed by atoms with Gasteiger partial charge in [0.25, 0.3) is 0 Å². The monoisotopic (exact) mass is 325 g/mol. The maximum absolute atomic E-state index is 11.8. The number of hydrogen-bond donors (Lipinski definition) is 2. The summed E-state index contributed by atoms with van der Waals surface area (Å²) in [7, 11) is 0. The number of aromatic nitrogens is 4. The SMILES string of the molecule is CC(C)(C)C(=O)NCCCCc1nc2ccc[nH]c2c2ncnc12. The van der Waals surface area contributed by atoms with Gasteiger partial charge >= 0.3 is 0 Å². The smallest absolute Gasteiger partial charge is 0.225 e. The van der Waals surface area contributed by atoms with Crippen LogP contribution >= 0.6 is 0 Å². The van der Waals surface area contributed by atoms with Crippen molar-refractivity contribution >= 4 is 28.0 Å². The summed E-state index contributed by atoms with van der Waals surface area (Å²) < 4.78 is 0. The maximum atomic E-state index is 11.8. The van der Waals surface area contributed by atoms with Crippen LogP contribution in [0.3, 0.4) is 0 Å². The minimum absolute atomic E-state index is 0.0890. The number of unbranched alkanes of at least 4 members (excludes halogenated alkanes) is 1. The van der Waals surface area contributed by atoms with E-state index in [-0.39, 0.29) is 11.3 Å². The van der Waals surface area contributed by atoms with Gasteiger partial charge in [0.05, 0.1) is 16.7 Å². The van der Waals surface area contributed by atoms with Crippen LogP contribution in [0, 0.1) is 5.41 Å². The van der Waals surface area contributed by atoms with Gasteiger partial charge in [0.1, 0.15) is 17.4 Å². The van der Waals surface area contributed by atoms with E-state index in [9.17, 15) is 4.79 Å². The molecule has 0 aliphatic heterocycles. The van der Waals surface area contributed by atoms with Crippen molar-refractivity contribution in [1.82, 2.24) is 25.3 Å². The first kappa shape index (κ1) is 16.4. The molecule has 0 radical (unpaired) electrons. The Morgan fingerprint density at radius 2 is 2.00 bits per heavy atom. The molecule has 1 amide bonds. The van der Waals surface area contributed by atoms with Crippen molar-refractivity contribution < 1.29 is 4.79 Å². The number of carbonyl (C=O) groups is 1. The summed E-state index contributed by atoms with van der Waals surface area (Å²) in [5.41, 5.74) is 4.19. The van der Waals surface area contributed by atoms with E-state index in [1.54, 1.807) is 6.33 Å².